The average Bonchev–Trinajstić information content (AvgIpc) is 3.23. The van der Waals surface area contributed by atoms with Crippen molar-refractivity contribution >= 4 is 17.7 Å². The monoisotopic (exact) mass is 441 g/mol. The Balaban J connectivity index is 1.27. The molecule has 0 spiro atoms. The Hall–Kier alpha value is -1.86. The van der Waals surface area contributed by atoms with E-state index in [4.69, 9.17) is 0 Å². The zero-order valence-electron chi connectivity index (χ0n) is 18.9. The molecule has 7 heteroatoms. The fraction of sp³-hybridized carbons (Fsp3) is 0.625. The molecular weight excluding hydrogens is 406 g/mol. The molecule has 168 valence electrons. The van der Waals surface area contributed by atoms with Crippen molar-refractivity contribution in [2.24, 2.45) is 5.92 Å². The van der Waals surface area contributed by atoms with Crippen LogP contribution in [0.5, 0.6) is 0 Å². The molecule has 1 amide bonds. The van der Waals surface area contributed by atoms with E-state index in [0.29, 0.717) is 24.3 Å². The molecule has 0 saturated carbocycles. The fourth-order valence-electron chi connectivity index (χ4n) is 5.09. The second-order valence-electron chi connectivity index (χ2n) is 8.88. The smallest absolute Gasteiger partial charge is 0.236 e. The molecule has 31 heavy (non-hydrogen) atoms. The van der Waals surface area contributed by atoms with Crippen molar-refractivity contribution in [1.82, 2.24) is 24.6 Å². The van der Waals surface area contributed by atoms with Crippen molar-refractivity contribution in [2.75, 3.05) is 39.0 Å². The summed E-state index contributed by atoms with van der Waals surface area (Å²) in [6.07, 6.45) is 7.65. The van der Waals surface area contributed by atoms with E-state index in [1.165, 1.54) is 5.56 Å². The Morgan fingerprint density at radius 3 is 2.58 bits per heavy atom. The number of carbonyl (C=O) groups is 1. The topological polar surface area (TPSA) is 54.3 Å². The molecule has 0 N–H and O–H groups in total. The summed E-state index contributed by atoms with van der Waals surface area (Å²) < 4.78 is 2.23. The van der Waals surface area contributed by atoms with Gasteiger partial charge in [0.2, 0.25) is 5.91 Å². The Kier molecular flexibility index (Phi) is 7.67. The van der Waals surface area contributed by atoms with Gasteiger partial charge in [-0.15, -0.1) is 10.2 Å². The molecular formula is C24H35N5OS. The minimum Gasteiger partial charge on any atom is -0.342 e. The van der Waals surface area contributed by atoms with Crippen LogP contribution in [0.4, 0.5) is 0 Å². The third-order valence-corrected chi connectivity index (χ3v) is 7.48. The number of hydrogen-bond donors (Lipinski definition) is 0. The lowest BCUT2D eigenvalue weighted by Gasteiger charge is -2.36. The molecule has 0 aliphatic carbocycles. The van der Waals surface area contributed by atoms with Crippen molar-refractivity contribution in [2.45, 2.75) is 56.6 Å². The molecule has 0 unspecified atom stereocenters. The summed E-state index contributed by atoms with van der Waals surface area (Å²) in [5.74, 6) is 2.44. The average molecular weight is 442 g/mol. The van der Waals surface area contributed by atoms with E-state index in [1.54, 1.807) is 11.8 Å². The van der Waals surface area contributed by atoms with Crippen molar-refractivity contribution in [3.63, 3.8) is 0 Å². The zero-order chi connectivity index (χ0) is 21.6. The van der Waals surface area contributed by atoms with Gasteiger partial charge in [-0.25, -0.2) is 0 Å². The SMILES string of the molecule is CCn1c(SC)nnc1[C@H]1CCCN(CC(=O)N2CCC(Cc3ccccc3)CC2)C1. The van der Waals surface area contributed by atoms with E-state index in [2.05, 4.69) is 68.1 Å². The molecule has 3 heterocycles. The van der Waals surface area contributed by atoms with E-state index in [1.807, 2.05) is 0 Å². The second kappa shape index (κ2) is 10.6. The highest BCUT2D eigenvalue weighted by molar-refractivity contribution is 7.98. The number of benzene rings is 1. The molecule has 2 saturated heterocycles. The minimum atomic E-state index is 0.292. The molecule has 6 nitrogen and oxygen atoms in total. The van der Waals surface area contributed by atoms with Crippen LogP contribution in [0.25, 0.3) is 0 Å². The fourth-order valence-corrected chi connectivity index (χ4v) is 5.65. The molecule has 2 aliphatic rings. The van der Waals surface area contributed by atoms with Gasteiger partial charge in [0, 0.05) is 32.1 Å². The molecule has 2 fully saturated rings. The number of hydrogen-bond acceptors (Lipinski definition) is 5. The molecule has 2 aromatic rings. The number of piperidine rings is 2. The Bertz CT molecular complexity index is 847. The highest BCUT2D eigenvalue weighted by atomic mass is 32.2. The van der Waals surface area contributed by atoms with Crippen LogP contribution in [0.1, 0.15) is 49.9 Å². The lowest BCUT2D eigenvalue weighted by Crippen LogP contribution is -2.46. The van der Waals surface area contributed by atoms with Crippen molar-refractivity contribution < 1.29 is 4.79 Å². The number of nitrogens with zero attached hydrogens (tertiary/aromatic N) is 5. The first-order valence-electron chi connectivity index (χ1n) is 11.7. The maximum atomic E-state index is 13.0. The Morgan fingerprint density at radius 2 is 1.87 bits per heavy atom. The third-order valence-electron chi connectivity index (χ3n) is 6.81. The van der Waals surface area contributed by atoms with Gasteiger partial charge < -0.3 is 9.47 Å². The molecule has 1 aromatic carbocycles. The summed E-state index contributed by atoms with van der Waals surface area (Å²) in [5.41, 5.74) is 1.41. The predicted octanol–water partition coefficient (Wildman–Crippen LogP) is 3.68. The first kappa shape index (κ1) is 22.3. The number of aromatic nitrogens is 3. The number of carbonyl (C=O) groups excluding carboxylic acids is 1. The summed E-state index contributed by atoms with van der Waals surface area (Å²) in [6.45, 7) is 7.29. The van der Waals surface area contributed by atoms with Crippen LogP contribution in [0.2, 0.25) is 0 Å². The maximum Gasteiger partial charge on any atom is 0.236 e. The summed E-state index contributed by atoms with van der Waals surface area (Å²) in [5, 5.41) is 9.85. The van der Waals surface area contributed by atoms with Gasteiger partial charge in [-0.05, 0) is 63.3 Å². The number of rotatable bonds is 7. The lowest BCUT2D eigenvalue weighted by molar-refractivity contribution is -0.134. The van der Waals surface area contributed by atoms with Crippen molar-refractivity contribution in [3.8, 4) is 0 Å². The van der Waals surface area contributed by atoms with Gasteiger partial charge in [0.25, 0.3) is 0 Å². The first-order valence-corrected chi connectivity index (χ1v) is 12.9. The Morgan fingerprint density at radius 1 is 1.10 bits per heavy atom. The summed E-state index contributed by atoms with van der Waals surface area (Å²) in [4.78, 5) is 17.4. The van der Waals surface area contributed by atoms with Gasteiger partial charge >= 0.3 is 0 Å². The van der Waals surface area contributed by atoms with E-state index in [0.717, 1.165) is 75.8 Å². The quantitative estimate of drug-likeness (QED) is 0.614. The lowest BCUT2D eigenvalue weighted by atomic mass is 9.90. The van der Waals surface area contributed by atoms with Gasteiger partial charge in [-0.3, -0.25) is 9.69 Å². The van der Waals surface area contributed by atoms with Crippen molar-refractivity contribution in [3.05, 3.63) is 41.7 Å². The van der Waals surface area contributed by atoms with Crippen LogP contribution < -0.4 is 0 Å². The standard InChI is InChI=1S/C24H35N5OS/c1-3-29-23(25-26-24(29)31-2)21-10-7-13-27(17-21)18-22(30)28-14-11-20(12-15-28)16-19-8-5-4-6-9-19/h4-6,8-9,20-21H,3,7,10-18H2,1-2H3/t21-/m0/s1. The second-order valence-corrected chi connectivity index (χ2v) is 9.65. The van der Waals surface area contributed by atoms with Crippen LogP contribution in [-0.4, -0.2) is 69.5 Å². The number of amides is 1. The maximum absolute atomic E-state index is 13.0. The van der Waals surface area contributed by atoms with Crippen LogP contribution in [-0.2, 0) is 17.8 Å². The van der Waals surface area contributed by atoms with Crippen LogP contribution in [0.3, 0.4) is 0 Å². The van der Waals surface area contributed by atoms with Gasteiger partial charge in [0.15, 0.2) is 5.16 Å². The summed E-state index contributed by atoms with van der Waals surface area (Å²) in [7, 11) is 0. The molecule has 1 atom stereocenters. The van der Waals surface area contributed by atoms with Gasteiger partial charge in [-0.2, -0.15) is 0 Å². The molecule has 2 aliphatic heterocycles. The molecule has 0 radical (unpaired) electrons. The van der Waals surface area contributed by atoms with E-state index in [9.17, 15) is 4.79 Å². The number of thioether (sulfide) groups is 1. The van der Waals surface area contributed by atoms with E-state index >= 15 is 0 Å². The molecule has 4 rings (SSSR count). The molecule has 1 aromatic heterocycles. The normalized spacial score (nSPS) is 20.8. The highest BCUT2D eigenvalue weighted by Crippen LogP contribution is 2.28. The molecule has 0 bridgehead atoms. The van der Waals surface area contributed by atoms with Crippen LogP contribution in [0, 0.1) is 5.92 Å². The Labute approximate surface area is 190 Å². The van der Waals surface area contributed by atoms with Gasteiger partial charge in [0.1, 0.15) is 5.82 Å². The summed E-state index contributed by atoms with van der Waals surface area (Å²) >= 11 is 1.65. The predicted molar refractivity (Wildman–Crippen MR) is 125 cm³/mol. The largest absolute Gasteiger partial charge is 0.342 e. The third kappa shape index (κ3) is 5.50. The highest BCUT2D eigenvalue weighted by Gasteiger charge is 2.29. The van der Waals surface area contributed by atoms with Crippen molar-refractivity contribution in [1.29, 1.82) is 0 Å². The minimum absolute atomic E-state index is 0.292. The van der Waals surface area contributed by atoms with Gasteiger partial charge in [-0.1, -0.05) is 42.1 Å². The van der Waals surface area contributed by atoms with Gasteiger partial charge in [0.05, 0.1) is 6.54 Å². The van der Waals surface area contributed by atoms with E-state index < -0.39 is 0 Å². The zero-order valence-corrected chi connectivity index (χ0v) is 19.7. The van der Waals surface area contributed by atoms with Crippen LogP contribution in [0.15, 0.2) is 35.5 Å². The first-order chi connectivity index (χ1) is 15.2. The summed E-state index contributed by atoms with van der Waals surface area (Å²) in [6, 6.07) is 10.7. The number of likely N-dealkylation sites (tertiary alicyclic amines) is 2. The van der Waals surface area contributed by atoms with E-state index in [-0.39, 0.29) is 0 Å². The van der Waals surface area contributed by atoms with Crippen LogP contribution >= 0.6 is 11.8 Å².